The quantitative estimate of drug-likeness (QED) is 0.163. The molecule has 53 heavy (non-hydrogen) atoms. The van der Waals surface area contributed by atoms with Crippen molar-refractivity contribution in [1.29, 1.82) is 0 Å². The van der Waals surface area contributed by atoms with Crippen LogP contribution in [0.25, 0.3) is 0 Å². The fourth-order valence-corrected chi connectivity index (χ4v) is 6.43. The summed E-state index contributed by atoms with van der Waals surface area (Å²) in [6.45, 7) is 3.32. The predicted molar refractivity (Wildman–Crippen MR) is 201 cm³/mol. The first-order valence-corrected chi connectivity index (χ1v) is 19.7. The van der Waals surface area contributed by atoms with Gasteiger partial charge in [0, 0.05) is 7.11 Å². The third-order valence-corrected chi connectivity index (χ3v) is 9.78. The van der Waals surface area contributed by atoms with E-state index < -0.39 is 50.7 Å². The summed E-state index contributed by atoms with van der Waals surface area (Å²) in [6, 6.07) is 27.9. The summed E-state index contributed by atoms with van der Waals surface area (Å²) < 4.78 is 76.0. The number of nitrogens with zero attached hydrogens (tertiary/aromatic N) is 2. The molecule has 4 aromatic carbocycles. The van der Waals surface area contributed by atoms with Gasteiger partial charge in [0.05, 0.1) is 51.2 Å². The van der Waals surface area contributed by atoms with E-state index in [2.05, 4.69) is 9.47 Å². The van der Waals surface area contributed by atoms with E-state index in [-0.39, 0.29) is 6.54 Å². The number of benzene rings is 4. The van der Waals surface area contributed by atoms with Crippen LogP contribution in [0.2, 0.25) is 0 Å². The van der Waals surface area contributed by atoms with Gasteiger partial charge in [-0.2, -0.15) is 0 Å². The minimum Gasteiger partial charge on any atom is -0.467 e. The van der Waals surface area contributed by atoms with Crippen molar-refractivity contribution in [3.63, 3.8) is 0 Å². The summed E-state index contributed by atoms with van der Waals surface area (Å²) in [6.07, 6.45) is -0.562. The summed E-state index contributed by atoms with van der Waals surface area (Å²) in [5.74, 6) is 0.873. The first-order valence-electron chi connectivity index (χ1n) is 16.0. The Kier molecular flexibility index (Phi) is 15.2. The second kappa shape index (κ2) is 19.1. The number of sulfonamides is 2. The Morgan fingerprint density at radius 1 is 0.566 bits per heavy atom. The molecule has 4 aromatic rings. The molecule has 16 heteroatoms. The minimum atomic E-state index is -3.71. The minimum absolute atomic E-state index is 0.194. The van der Waals surface area contributed by atoms with E-state index in [1.54, 1.807) is 36.4 Å². The highest BCUT2D eigenvalue weighted by Gasteiger charge is 2.28. The number of carbonyl (C=O) groups excluding carboxylic acids is 2. The molecular weight excluding hydrogens is 729 g/mol. The van der Waals surface area contributed by atoms with Gasteiger partial charge in [-0.3, -0.25) is 8.61 Å². The molecule has 0 amide bonds. The summed E-state index contributed by atoms with van der Waals surface area (Å²) in [5.41, 5.74) is 2.92. The van der Waals surface area contributed by atoms with Crippen LogP contribution >= 0.6 is 0 Å². The van der Waals surface area contributed by atoms with Gasteiger partial charge in [-0.05, 0) is 86.6 Å². The van der Waals surface area contributed by atoms with Crippen molar-refractivity contribution in [2.45, 2.75) is 26.1 Å². The Bertz CT molecular complexity index is 2000. The van der Waals surface area contributed by atoms with Crippen LogP contribution in [0, 0.1) is 13.8 Å². The van der Waals surface area contributed by atoms with E-state index in [0.717, 1.165) is 39.4 Å². The molecule has 286 valence electrons. The van der Waals surface area contributed by atoms with Crippen LogP contribution in [0.5, 0.6) is 23.0 Å². The number of anilines is 2. The largest absolute Gasteiger partial charge is 0.467 e. The Balaban J connectivity index is 0.000000286. The predicted octanol–water partition coefficient (Wildman–Crippen LogP) is 4.83. The lowest BCUT2D eigenvalue weighted by atomic mass is 10.2. The maximum absolute atomic E-state index is 12.2. The van der Waals surface area contributed by atoms with Crippen LogP contribution in [0.15, 0.2) is 97.1 Å². The maximum Gasteiger partial charge on any atom is 0.336 e. The van der Waals surface area contributed by atoms with E-state index >= 15 is 0 Å². The summed E-state index contributed by atoms with van der Waals surface area (Å²) >= 11 is 0. The zero-order chi connectivity index (χ0) is 39.3. The number of aryl methyl sites for hydroxylation is 2. The van der Waals surface area contributed by atoms with Gasteiger partial charge in [0.2, 0.25) is 20.0 Å². The zero-order valence-electron chi connectivity index (χ0n) is 30.5. The molecular formula is C37H44N2O12S2. The van der Waals surface area contributed by atoms with Crippen LogP contribution in [-0.2, 0) is 43.8 Å². The summed E-state index contributed by atoms with van der Waals surface area (Å²) in [4.78, 5) is 23.1. The molecule has 4 rings (SSSR count). The van der Waals surface area contributed by atoms with Crippen LogP contribution in [-0.4, -0.2) is 93.0 Å². The van der Waals surface area contributed by atoms with Crippen LogP contribution in [0.4, 0.5) is 11.4 Å². The van der Waals surface area contributed by atoms with Gasteiger partial charge < -0.3 is 28.8 Å². The van der Waals surface area contributed by atoms with E-state index in [1.807, 2.05) is 62.4 Å². The van der Waals surface area contributed by atoms with E-state index in [4.69, 9.17) is 14.2 Å². The van der Waals surface area contributed by atoms with Gasteiger partial charge in [0.15, 0.2) is 12.2 Å². The number of rotatable bonds is 15. The van der Waals surface area contributed by atoms with E-state index in [9.17, 15) is 31.5 Å². The lowest BCUT2D eigenvalue weighted by molar-refractivity contribution is -0.151. The average Bonchev–Trinajstić information content (AvgIpc) is 3.12. The molecule has 0 saturated heterocycles. The lowest BCUT2D eigenvalue weighted by Crippen LogP contribution is -2.41. The van der Waals surface area contributed by atoms with Crippen molar-refractivity contribution in [2.75, 3.05) is 55.5 Å². The van der Waals surface area contributed by atoms with Crippen LogP contribution in [0.1, 0.15) is 11.1 Å². The van der Waals surface area contributed by atoms with Gasteiger partial charge in [-0.15, -0.1) is 0 Å². The number of hydrogen-bond acceptors (Lipinski definition) is 12. The number of ether oxygens (including phenoxy) is 5. The third-order valence-electron chi connectivity index (χ3n) is 7.46. The molecule has 14 nitrogen and oxygen atoms in total. The average molecular weight is 773 g/mol. The molecule has 0 radical (unpaired) electrons. The molecule has 2 atom stereocenters. The number of carbonyl (C=O) groups is 2. The Hall–Kier alpha value is -5.16. The molecule has 0 fully saturated rings. The smallest absolute Gasteiger partial charge is 0.336 e. The normalized spacial score (nSPS) is 12.3. The highest BCUT2D eigenvalue weighted by Crippen LogP contribution is 2.28. The molecule has 0 saturated carbocycles. The lowest BCUT2D eigenvalue weighted by Gasteiger charge is -2.25. The second-order valence-corrected chi connectivity index (χ2v) is 15.5. The number of methoxy groups -OCH3 is 3. The van der Waals surface area contributed by atoms with Crippen molar-refractivity contribution in [1.82, 2.24) is 0 Å². The third kappa shape index (κ3) is 13.1. The van der Waals surface area contributed by atoms with E-state index in [0.29, 0.717) is 34.4 Å². The topological polar surface area (TPSA) is 175 Å². The van der Waals surface area contributed by atoms with Crippen molar-refractivity contribution in [2.24, 2.45) is 0 Å². The molecule has 0 aliphatic rings. The van der Waals surface area contributed by atoms with Gasteiger partial charge in [-0.25, -0.2) is 26.4 Å². The molecule has 0 aliphatic heterocycles. The Labute approximate surface area is 310 Å². The molecule has 0 unspecified atom stereocenters. The molecule has 0 spiro atoms. The Morgan fingerprint density at radius 2 is 0.887 bits per heavy atom. The van der Waals surface area contributed by atoms with Crippen molar-refractivity contribution < 1.29 is 55.2 Å². The molecule has 0 aromatic heterocycles. The highest BCUT2D eigenvalue weighted by molar-refractivity contribution is 7.92. The zero-order valence-corrected chi connectivity index (χ0v) is 32.1. The SMILES string of the molecule is COC(=O)[C@@H](O)CN(c1ccc(Oc2ccc(C)cc2)cc1)S(C)(=O)=O.COC(=O)[C@H](CN(c1ccc(Oc2ccc(C)cc2)cc1)S(C)(=O)=O)OC. The maximum atomic E-state index is 12.2. The first-order chi connectivity index (χ1) is 24.9. The summed E-state index contributed by atoms with van der Waals surface area (Å²) in [5, 5.41) is 9.78. The second-order valence-electron chi connectivity index (χ2n) is 11.7. The van der Waals surface area contributed by atoms with Crippen molar-refractivity contribution >= 4 is 43.4 Å². The van der Waals surface area contributed by atoms with Crippen LogP contribution in [0.3, 0.4) is 0 Å². The van der Waals surface area contributed by atoms with Crippen LogP contribution < -0.4 is 18.1 Å². The number of hydrogen-bond donors (Lipinski definition) is 1. The highest BCUT2D eigenvalue weighted by atomic mass is 32.2. The molecule has 0 bridgehead atoms. The van der Waals surface area contributed by atoms with Gasteiger partial charge >= 0.3 is 11.9 Å². The number of aliphatic hydroxyl groups excluding tert-OH is 1. The van der Waals surface area contributed by atoms with Gasteiger partial charge in [0.1, 0.15) is 23.0 Å². The monoisotopic (exact) mass is 772 g/mol. The molecule has 1 N–H and O–H groups in total. The van der Waals surface area contributed by atoms with Crippen molar-refractivity contribution in [3.8, 4) is 23.0 Å². The first kappa shape index (κ1) is 42.3. The number of aliphatic hydroxyl groups is 1. The van der Waals surface area contributed by atoms with E-state index in [1.165, 1.54) is 26.4 Å². The van der Waals surface area contributed by atoms with Crippen molar-refractivity contribution in [3.05, 3.63) is 108 Å². The van der Waals surface area contributed by atoms with Gasteiger partial charge in [0.25, 0.3) is 0 Å². The standard InChI is InChI=1S/C19H23NO6S.C18H21NO6S/c1-14-5-9-16(10-6-14)26-17-11-7-15(8-12-17)20(27(4,22)23)13-18(24-2)19(21)25-3;1-13-4-8-15(9-5-13)25-16-10-6-14(7-11-16)19(26(3,22)23)12-17(20)18(21)24-2/h5-12,18H,13H2,1-4H3;4-11,17,20H,12H2,1-3H3/t18-;17-/m00/s1. The molecule has 0 aliphatic carbocycles. The molecule has 0 heterocycles. The summed E-state index contributed by atoms with van der Waals surface area (Å²) in [7, 11) is -3.69. The van der Waals surface area contributed by atoms with Gasteiger partial charge in [-0.1, -0.05) is 35.4 Å². The number of esters is 2. The fourth-order valence-electron chi connectivity index (χ4n) is 4.61. The Morgan fingerprint density at radius 3 is 1.19 bits per heavy atom. The fraction of sp³-hybridized carbons (Fsp3) is 0.297.